The van der Waals surface area contributed by atoms with Crippen LogP contribution in [0.1, 0.15) is 5.69 Å². The summed E-state index contributed by atoms with van der Waals surface area (Å²) in [6.45, 7) is 2.24. The Morgan fingerprint density at radius 1 is 1.33 bits per heavy atom. The lowest BCUT2D eigenvalue weighted by Gasteiger charge is -2.26. The molecule has 1 aliphatic heterocycles. The number of benzene rings is 1. The molecular formula is C18H17BrN4O3S. The van der Waals surface area contributed by atoms with E-state index in [-0.39, 0.29) is 12.5 Å². The molecular weight excluding hydrogens is 432 g/mol. The minimum atomic E-state index is -0.0876. The largest absolute Gasteiger partial charge is 0.386 e. The maximum absolute atomic E-state index is 12.1. The van der Waals surface area contributed by atoms with E-state index in [1.54, 1.807) is 22.5 Å². The number of thiazole rings is 1. The van der Waals surface area contributed by atoms with Crippen molar-refractivity contribution in [2.45, 2.75) is 0 Å². The molecule has 1 aliphatic rings. The maximum Gasteiger partial charge on any atom is 0.263 e. The van der Waals surface area contributed by atoms with Gasteiger partial charge in [0, 0.05) is 34.7 Å². The molecule has 0 spiro atoms. The van der Waals surface area contributed by atoms with E-state index in [1.165, 1.54) is 0 Å². The Hall–Kier alpha value is -2.23. The number of oxime groups is 1. The van der Waals surface area contributed by atoms with Gasteiger partial charge in [0.15, 0.2) is 11.6 Å². The number of amides is 1. The molecule has 1 saturated heterocycles. The zero-order chi connectivity index (χ0) is 18.6. The number of carbonyl (C=O) groups is 1. The van der Waals surface area contributed by atoms with Gasteiger partial charge >= 0.3 is 0 Å². The van der Waals surface area contributed by atoms with Gasteiger partial charge in [0.2, 0.25) is 0 Å². The minimum Gasteiger partial charge on any atom is -0.386 e. The Balaban J connectivity index is 1.50. The number of imidazole rings is 1. The Bertz CT molecular complexity index is 961. The molecule has 0 unspecified atom stereocenters. The molecule has 4 rings (SSSR count). The quantitative estimate of drug-likeness (QED) is 0.444. The molecule has 1 fully saturated rings. The third-order valence-corrected chi connectivity index (χ3v) is 5.50. The molecule has 3 heterocycles. The van der Waals surface area contributed by atoms with E-state index in [9.17, 15) is 4.79 Å². The van der Waals surface area contributed by atoms with E-state index < -0.39 is 0 Å². The summed E-state index contributed by atoms with van der Waals surface area (Å²) in [6.07, 6.45) is 3.55. The highest BCUT2D eigenvalue weighted by Crippen LogP contribution is 2.26. The molecule has 27 heavy (non-hydrogen) atoms. The van der Waals surface area contributed by atoms with E-state index in [2.05, 4.69) is 21.1 Å². The summed E-state index contributed by atoms with van der Waals surface area (Å²) in [4.78, 5) is 24.6. The number of nitrogens with zero attached hydrogens (tertiary/aromatic N) is 4. The molecule has 0 atom stereocenters. The minimum absolute atomic E-state index is 0.0856. The summed E-state index contributed by atoms with van der Waals surface area (Å²) >= 11 is 5.00. The Morgan fingerprint density at radius 3 is 2.89 bits per heavy atom. The predicted octanol–water partition coefficient (Wildman–Crippen LogP) is 3.03. The van der Waals surface area contributed by atoms with E-state index in [0.29, 0.717) is 26.3 Å². The van der Waals surface area contributed by atoms with Crippen molar-refractivity contribution in [2.75, 3.05) is 32.9 Å². The summed E-state index contributed by atoms with van der Waals surface area (Å²) in [5.74, 6) is -0.0856. The molecule has 2 aromatic heterocycles. The highest BCUT2D eigenvalue weighted by Gasteiger charge is 2.17. The first-order chi connectivity index (χ1) is 13.2. The van der Waals surface area contributed by atoms with Crippen LogP contribution in [0.3, 0.4) is 0 Å². The average Bonchev–Trinajstić information content (AvgIpc) is 3.28. The van der Waals surface area contributed by atoms with Crippen molar-refractivity contribution in [3.63, 3.8) is 0 Å². The molecule has 140 valence electrons. The second-order valence-corrected chi connectivity index (χ2v) is 7.70. The molecule has 0 N–H and O–H groups in total. The molecule has 1 aromatic carbocycles. The number of aromatic nitrogens is 2. The monoisotopic (exact) mass is 448 g/mol. The normalized spacial score (nSPS) is 14.9. The first kappa shape index (κ1) is 18.1. The lowest BCUT2D eigenvalue weighted by Crippen LogP contribution is -2.42. The second-order valence-electron chi connectivity index (χ2n) is 5.91. The second kappa shape index (κ2) is 8.20. The number of ether oxygens (including phenoxy) is 1. The van der Waals surface area contributed by atoms with Crippen molar-refractivity contribution in [2.24, 2.45) is 5.16 Å². The van der Waals surface area contributed by atoms with Crippen molar-refractivity contribution < 1.29 is 14.4 Å². The van der Waals surface area contributed by atoms with Crippen LogP contribution >= 0.6 is 27.3 Å². The summed E-state index contributed by atoms with van der Waals surface area (Å²) in [5, 5.41) is 5.98. The Morgan fingerprint density at radius 2 is 2.11 bits per heavy atom. The van der Waals surface area contributed by atoms with Crippen molar-refractivity contribution in [3.05, 3.63) is 46.0 Å². The number of rotatable bonds is 5. The molecule has 0 radical (unpaired) electrons. The van der Waals surface area contributed by atoms with Gasteiger partial charge in [0.25, 0.3) is 5.91 Å². The highest BCUT2D eigenvalue weighted by atomic mass is 79.9. The summed E-state index contributed by atoms with van der Waals surface area (Å²) in [6, 6.07) is 7.94. The standard InChI is InChI=1S/C18H17BrN4O3S/c19-14-3-1-13(2-4-14)17-15(23-7-10-27-18(23)21-17)11-20-26-12-16(24)22-5-8-25-9-6-22/h1-4,7,10-11H,5-6,8-9,12H2. The molecule has 0 aliphatic carbocycles. The number of hydrogen-bond acceptors (Lipinski definition) is 6. The van der Waals surface area contributed by atoms with Gasteiger partial charge in [-0.25, -0.2) is 4.98 Å². The summed E-state index contributed by atoms with van der Waals surface area (Å²) < 4.78 is 8.21. The van der Waals surface area contributed by atoms with Crippen LogP contribution in [0.25, 0.3) is 16.2 Å². The Labute approximate surface area is 168 Å². The smallest absolute Gasteiger partial charge is 0.263 e. The van der Waals surface area contributed by atoms with E-state index in [1.807, 2.05) is 40.2 Å². The van der Waals surface area contributed by atoms with Crippen molar-refractivity contribution in [1.29, 1.82) is 0 Å². The first-order valence-electron chi connectivity index (χ1n) is 8.45. The van der Waals surface area contributed by atoms with E-state index in [4.69, 9.17) is 14.6 Å². The number of fused-ring (bicyclic) bond motifs is 1. The lowest BCUT2D eigenvalue weighted by atomic mass is 10.1. The van der Waals surface area contributed by atoms with Crippen LogP contribution < -0.4 is 0 Å². The Kier molecular flexibility index (Phi) is 5.51. The molecule has 1 amide bonds. The van der Waals surface area contributed by atoms with Gasteiger partial charge in [-0.3, -0.25) is 9.20 Å². The van der Waals surface area contributed by atoms with Gasteiger partial charge in [-0.1, -0.05) is 33.2 Å². The topological polar surface area (TPSA) is 68.4 Å². The van der Waals surface area contributed by atoms with E-state index >= 15 is 0 Å². The van der Waals surface area contributed by atoms with Gasteiger partial charge in [-0.2, -0.15) is 0 Å². The van der Waals surface area contributed by atoms with Crippen LogP contribution in [0.5, 0.6) is 0 Å². The van der Waals surface area contributed by atoms with Crippen LogP contribution in [0.4, 0.5) is 0 Å². The number of carbonyl (C=O) groups excluding carboxylic acids is 1. The fourth-order valence-corrected chi connectivity index (χ4v) is 3.82. The van der Waals surface area contributed by atoms with Gasteiger partial charge in [-0.15, -0.1) is 11.3 Å². The molecule has 0 saturated carbocycles. The average molecular weight is 449 g/mol. The zero-order valence-corrected chi connectivity index (χ0v) is 16.8. The van der Waals surface area contributed by atoms with Gasteiger partial charge in [0.05, 0.1) is 30.8 Å². The summed E-state index contributed by atoms with van der Waals surface area (Å²) in [7, 11) is 0. The zero-order valence-electron chi connectivity index (χ0n) is 14.4. The van der Waals surface area contributed by atoms with Crippen molar-refractivity contribution in [1.82, 2.24) is 14.3 Å². The molecule has 0 bridgehead atoms. The molecule has 3 aromatic rings. The van der Waals surface area contributed by atoms with Crippen molar-refractivity contribution in [3.8, 4) is 11.3 Å². The van der Waals surface area contributed by atoms with Crippen LogP contribution in [0, 0.1) is 0 Å². The maximum atomic E-state index is 12.1. The first-order valence-corrected chi connectivity index (χ1v) is 10.1. The fraction of sp³-hybridized carbons (Fsp3) is 0.278. The van der Waals surface area contributed by atoms with Crippen LogP contribution in [-0.2, 0) is 14.4 Å². The summed E-state index contributed by atoms with van der Waals surface area (Å²) in [5.41, 5.74) is 2.62. The number of halogens is 1. The fourth-order valence-electron chi connectivity index (χ4n) is 2.83. The molecule has 9 heteroatoms. The molecule has 7 nitrogen and oxygen atoms in total. The van der Waals surface area contributed by atoms with Crippen LogP contribution in [0.15, 0.2) is 45.5 Å². The number of morpholine rings is 1. The highest BCUT2D eigenvalue weighted by molar-refractivity contribution is 9.10. The van der Waals surface area contributed by atoms with Crippen LogP contribution in [-0.4, -0.2) is 59.3 Å². The van der Waals surface area contributed by atoms with Crippen LogP contribution in [0.2, 0.25) is 0 Å². The van der Waals surface area contributed by atoms with E-state index in [0.717, 1.165) is 26.4 Å². The van der Waals surface area contributed by atoms with Gasteiger partial charge in [0.1, 0.15) is 0 Å². The number of hydrogen-bond donors (Lipinski definition) is 0. The van der Waals surface area contributed by atoms with Gasteiger partial charge < -0.3 is 14.5 Å². The SMILES string of the molecule is O=C(CON=Cc1c(-c2ccc(Br)cc2)nc2sccn12)N1CCOCC1. The third kappa shape index (κ3) is 4.05. The van der Waals surface area contributed by atoms with Gasteiger partial charge in [-0.05, 0) is 12.1 Å². The van der Waals surface area contributed by atoms with Crippen molar-refractivity contribution >= 4 is 44.3 Å². The third-order valence-electron chi connectivity index (χ3n) is 4.22. The predicted molar refractivity (Wildman–Crippen MR) is 107 cm³/mol. The lowest BCUT2D eigenvalue weighted by molar-refractivity contribution is -0.140.